The van der Waals surface area contributed by atoms with Crippen LogP contribution in [0, 0.1) is 0 Å². The second kappa shape index (κ2) is 9.56. The predicted molar refractivity (Wildman–Crippen MR) is 120 cm³/mol. The molecule has 0 atom stereocenters. The highest BCUT2D eigenvalue weighted by atomic mass is 16.5. The number of ketones is 1. The van der Waals surface area contributed by atoms with E-state index in [-0.39, 0.29) is 17.3 Å². The van der Waals surface area contributed by atoms with Crippen LogP contribution in [0.25, 0.3) is 17.0 Å². The first-order valence-electron chi connectivity index (χ1n) is 10.7. The normalized spacial score (nSPS) is 14.5. The summed E-state index contributed by atoms with van der Waals surface area (Å²) < 4.78 is 18.5. The molecule has 0 radical (unpaired) electrons. The molecule has 3 aromatic rings. The fourth-order valence-electron chi connectivity index (χ4n) is 4.13. The van der Waals surface area contributed by atoms with Crippen LogP contribution in [0.1, 0.15) is 21.5 Å². The minimum atomic E-state index is -0.204. The minimum Gasteiger partial charge on any atom is -0.872 e. The Morgan fingerprint density at radius 2 is 1.81 bits per heavy atom. The van der Waals surface area contributed by atoms with Crippen molar-refractivity contribution in [2.24, 2.45) is 7.05 Å². The summed E-state index contributed by atoms with van der Waals surface area (Å²) in [4.78, 5) is 14.2. The fraction of sp³-hybridized carbons (Fsp3) is 0.320. The number of benzene rings is 2. The zero-order valence-electron chi connectivity index (χ0n) is 18.6. The third kappa shape index (κ3) is 4.27. The second-order valence-electron chi connectivity index (χ2n) is 7.98. The number of nitrogens with zero attached hydrogens (tertiary/aromatic N) is 1. The molecule has 1 aromatic heterocycles. The molecule has 7 nitrogen and oxygen atoms in total. The van der Waals surface area contributed by atoms with Gasteiger partial charge in [-0.25, -0.2) is 0 Å². The Hall–Kier alpha value is -3.13. The van der Waals surface area contributed by atoms with Crippen LogP contribution in [0.5, 0.6) is 11.5 Å². The number of carbonyl (C=O) groups is 1. The first-order valence-corrected chi connectivity index (χ1v) is 10.7. The molecular weight excluding hydrogens is 408 g/mol. The third-order valence-electron chi connectivity index (χ3n) is 5.86. The summed E-state index contributed by atoms with van der Waals surface area (Å²) in [6.45, 7) is 3.00. The number of methoxy groups -OCH3 is 2. The Kier molecular flexibility index (Phi) is 6.60. The standard InChI is InChI=1S/C25H28N2O5/c1-26-15-17(18-6-4-5-7-21(18)26)14-23-24(29)19-8-9-22(28)20(25(19)32-23)16-27(10-12-30-2)11-13-31-3/h4-9,14-15,28H,10-13,16H2,1-3H3/b23-14-. The molecule has 0 saturated carbocycles. The van der Waals surface area contributed by atoms with Crippen molar-refractivity contribution in [2.75, 3.05) is 40.5 Å². The van der Waals surface area contributed by atoms with Crippen LogP contribution in [-0.2, 0) is 23.1 Å². The van der Waals surface area contributed by atoms with Crippen LogP contribution in [-0.4, -0.2) is 50.9 Å². The molecule has 7 heteroatoms. The number of para-hydroxylation sites is 1. The van der Waals surface area contributed by atoms with Crippen LogP contribution in [0.2, 0.25) is 0 Å². The molecule has 0 bridgehead atoms. The predicted octanol–water partition coefficient (Wildman–Crippen LogP) is 1.55. The number of rotatable bonds is 9. The van der Waals surface area contributed by atoms with Gasteiger partial charge in [0.15, 0.2) is 5.76 Å². The third-order valence-corrected chi connectivity index (χ3v) is 5.86. The van der Waals surface area contributed by atoms with Gasteiger partial charge in [-0.05, 0) is 18.2 Å². The Morgan fingerprint density at radius 3 is 2.53 bits per heavy atom. The first-order chi connectivity index (χ1) is 15.5. The zero-order chi connectivity index (χ0) is 22.7. The Bertz CT molecular complexity index is 1160. The van der Waals surface area contributed by atoms with E-state index >= 15 is 0 Å². The van der Waals surface area contributed by atoms with Gasteiger partial charge in [0.25, 0.3) is 0 Å². The quantitative estimate of drug-likeness (QED) is 0.515. The number of hydrogen-bond acceptors (Lipinski definition) is 5. The van der Waals surface area contributed by atoms with Crippen molar-refractivity contribution in [3.8, 4) is 11.5 Å². The summed E-state index contributed by atoms with van der Waals surface area (Å²) in [6, 6.07) is 11.0. The molecule has 0 amide bonds. The number of allylic oxidation sites excluding steroid dienone is 1. The number of fused-ring (bicyclic) bond motifs is 2. The van der Waals surface area contributed by atoms with Crippen molar-refractivity contribution in [1.82, 2.24) is 4.57 Å². The molecule has 0 fully saturated rings. The van der Waals surface area contributed by atoms with E-state index in [2.05, 4.69) is 0 Å². The summed E-state index contributed by atoms with van der Waals surface area (Å²) in [5.74, 6) is 0.277. The van der Waals surface area contributed by atoms with Crippen LogP contribution in [0.3, 0.4) is 0 Å². The van der Waals surface area contributed by atoms with Crippen LogP contribution in [0.15, 0.2) is 48.4 Å². The number of Topliss-reactive ketones (excluding diaryl/α,β-unsaturated/α-hetero) is 1. The molecule has 2 aromatic carbocycles. The van der Waals surface area contributed by atoms with Gasteiger partial charge in [0.1, 0.15) is 25.4 Å². The number of aromatic nitrogens is 1. The lowest BCUT2D eigenvalue weighted by atomic mass is 10.0. The van der Waals surface area contributed by atoms with Gasteiger partial charge in [0.2, 0.25) is 5.78 Å². The van der Waals surface area contributed by atoms with Gasteiger partial charge in [-0.1, -0.05) is 30.0 Å². The lowest BCUT2D eigenvalue weighted by Gasteiger charge is -2.23. The van der Waals surface area contributed by atoms with E-state index in [1.165, 1.54) is 6.07 Å². The maximum atomic E-state index is 13.1. The van der Waals surface area contributed by atoms with Gasteiger partial charge >= 0.3 is 0 Å². The molecule has 4 rings (SSSR count). The highest BCUT2D eigenvalue weighted by molar-refractivity contribution is 6.15. The van der Waals surface area contributed by atoms with E-state index in [1.807, 2.05) is 42.1 Å². The average molecular weight is 437 g/mol. The van der Waals surface area contributed by atoms with Gasteiger partial charge in [0.05, 0.1) is 18.8 Å². The topological polar surface area (TPSA) is 77.2 Å². The first kappa shape index (κ1) is 22.1. The SMILES string of the molecule is COCC[NH+](CCOC)Cc1c([O-])ccc2c1O/C(=C\c1cn(C)c3ccccc13)C2=O. The molecule has 1 N–H and O–H groups in total. The van der Waals surface area contributed by atoms with Gasteiger partial charge in [0, 0.05) is 49.5 Å². The summed E-state index contributed by atoms with van der Waals surface area (Å²) >= 11 is 0. The Morgan fingerprint density at radius 1 is 1.09 bits per heavy atom. The van der Waals surface area contributed by atoms with Gasteiger partial charge < -0.3 is 28.8 Å². The zero-order valence-corrected chi connectivity index (χ0v) is 18.6. The van der Waals surface area contributed by atoms with Crippen LogP contribution < -0.4 is 14.7 Å². The number of hydrogen-bond donors (Lipinski definition) is 1. The van der Waals surface area contributed by atoms with Gasteiger partial charge in [-0.3, -0.25) is 4.79 Å². The molecule has 32 heavy (non-hydrogen) atoms. The Balaban J connectivity index is 1.66. The Labute approximate surface area is 187 Å². The second-order valence-corrected chi connectivity index (χ2v) is 7.98. The van der Waals surface area contributed by atoms with Crippen molar-refractivity contribution < 1.29 is 29.0 Å². The maximum absolute atomic E-state index is 13.1. The number of nitrogens with one attached hydrogen (secondary N) is 1. The number of quaternary nitrogens is 1. The summed E-state index contributed by atoms with van der Waals surface area (Å²) in [7, 11) is 5.27. The van der Waals surface area contributed by atoms with E-state index in [1.54, 1.807) is 26.4 Å². The lowest BCUT2D eigenvalue weighted by Crippen LogP contribution is -3.11. The molecule has 0 saturated heterocycles. The highest BCUT2D eigenvalue weighted by Gasteiger charge is 2.31. The van der Waals surface area contributed by atoms with E-state index in [9.17, 15) is 9.90 Å². The van der Waals surface area contributed by atoms with Crippen molar-refractivity contribution >= 4 is 22.8 Å². The minimum absolute atomic E-state index is 0.129. The largest absolute Gasteiger partial charge is 0.872 e. The molecule has 2 heterocycles. The number of ether oxygens (including phenoxy) is 3. The monoisotopic (exact) mass is 436 g/mol. The maximum Gasteiger partial charge on any atom is 0.231 e. The molecule has 0 unspecified atom stereocenters. The smallest absolute Gasteiger partial charge is 0.231 e. The molecule has 168 valence electrons. The summed E-state index contributed by atoms with van der Waals surface area (Å²) in [6.07, 6.45) is 3.73. The van der Waals surface area contributed by atoms with E-state index in [4.69, 9.17) is 14.2 Å². The van der Waals surface area contributed by atoms with Crippen molar-refractivity contribution in [3.05, 3.63) is 65.0 Å². The lowest BCUT2D eigenvalue weighted by molar-refractivity contribution is -0.914. The van der Waals surface area contributed by atoms with Crippen LogP contribution >= 0.6 is 0 Å². The fourth-order valence-corrected chi connectivity index (χ4v) is 4.13. The molecule has 1 aliphatic rings. The highest BCUT2D eigenvalue weighted by Crippen LogP contribution is 2.38. The van der Waals surface area contributed by atoms with Crippen molar-refractivity contribution in [1.29, 1.82) is 0 Å². The average Bonchev–Trinajstić information content (AvgIpc) is 3.29. The van der Waals surface area contributed by atoms with Crippen LogP contribution in [0.4, 0.5) is 0 Å². The van der Waals surface area contributed by atoms with E-state index < -0.39 is 0 Å². The molecular formula is C25H28N2O5. The van der Waals surface area contributed by atoms with E-state index in [0.717, 1.165) is 34.5 Å². The van der Waals surface area contributed by atoms with Gasteiger partial charge in [-0.2, -0.15) is 0 Å². The molecule has 0 spiro atoms. The molecule has 0 aliphatic carbocycles. The van der Waals surface area contributed by atoms with E-state index in [0.29, 0.717) is 36.6 Å². The van der Waals surface area contributed by atoms with Gasteiger partial charge in [-0.15, -0.1) is 0 Å². The van der Waals surface area contributed by atoms with Crippen molar-refractivity contribution in [2.45, 2.75) is 6.54 Å². The number of aryl methyl sites for hydroxylation is 1. The summed E-state index contributed by atoms with van der Waals surface area (Å²) in [5, 5.41) is 13.8. The van der Waals surface area contributed by atoms with Crippen molar-refractivity contribution in [3.63, 3.8) is 0 Å². The summed E-state index contributed by atoms with van der Waals surface area (Å²) in [5.41, 5.74) is 2.92. The molecule has 1 aliphatic heterocycles. The number of carbonyl (C=O) groups excluding carboxylic acids is 1.